The van der Waals surface area contributed by atoms with Crippen LogP contribution in [0.15, 0.2) is 45.6 Å². The van der Waals surface area contributed by atoms with Crippen molar-refractivity contribution in [3.05, 3.63) is 52.5 Å². The Bertz CT molecular complexity index is 1090. The number of nitrogens with zero attached hydrogens (tertiary/aromatic N) is 2. The molecule has 1 atom stereocenters. The maximum atomic E-state index is 12.5. The molecule has 0 saturated carbocycles. The molecule has 2 N–H and O–H groups in total. The van der Waals surface area contributed by atoms with Crippen LogP contribution >= 0.6 is 11.3 Å². The van der Waals surface area contributed by atoms with E-state index >= 15 is 0 Å². The third-order valence-electron chi connectivity index (χ3n) is 5.60. The molecule has 160 valence electrons. The third kappa shape index (κ3) is 4.41. The molecule has 3 aromatic rings. The zero-order valence-corrected chi connectivity index (χ0v) is 17.8. The maximum Gasteiger partial charge on any atom is 0.237 e. The topological polar surface area (TPSA) is 114 Å². The van der Waals surface area contributed by atoms with Crippen LogP contribution in [0.4, 0.5) is 5.69 Å². The highest BCUT2D eigenvalue weighted by Crippen LogP contribution is 2.36. The van der Waals surface area contributed by atoms with Crippen molar-refractivity contribution in [3.8, 4) is 11.4 Å². The quantitative estimate of drug-likeness (QED) is 0.546. The minimum absolute atomic E-state index is 0.172. The lowest BCUT2D eigenvalue weighted by molar-refractivity contribution is -0.138. The molecule has 1 aliphatic heterocycles. The van der Waals surface area contributed by atoms with Crippen LogP contribution in [0.1, 0.15) is 44.1 Å². The summed E-state index contributed by atoms with van der Waals surface area (Å²) >= 11 is 1.55. The highest BCUT2D eigenvalue weighted by Gasteiger charge is 2.42. The van der Waals surface area contributed by atoms with E-state index in [2.05, 4.69) is 20.8 Å². The van der Waals surface area contributed by atoms with Crippen LogP contribution in [0.5, 0.6) is 0 Å². The van der Waals surface area contributed by atoms with Crippen molar-refractivity contribution in [1.29, 1.82) is 0 Å². The highest BCUT2D eigenvalue weighted by molar-refractivity contribution is 7.08. The molecular formula is C22H22N4O4S. The number of carbonyl (C=O) groups is 3. The monoisotopic (exact) mass is 438 g/mol. The molecule has 0 spiro atoms. The molecule has 31 heavy (non-hydrogen) atoms. The molecule has 9 heteroatoms. The molecule has 2 aromatic heterocycles. The van der Waals surface area contributed by atoms with Crippen molar-refractivity contribution in [2.45, 2.75) is 44.4 Å². The smallest absolute Gasteiger partial charge is 0.237 e. The first-order valence-corrected chi connectivity index (χ1v) is 11.0. The summed E-state index contributed by atoms with van der Waals surface area (Å²) < 4.78 is 5.21. The van der Waals surface area contributed by atoms with E-state index in [0.717, 1.165) is 11.1 Å². The molecule has 1 saturated heterocycles. The molecule has 4 rings (SSSR count). The van der Waals surface area contributed by atoms with E-state index in [0.29, 0.717) is 43.1 Å². The molecule has 0 aliphatic carbocycles. The Balaban J connectivity index is 1.35. The van der Waals surface area contributed by atoms with Crippen LogP contribution in [0.3, 0.4) is 0 Å². The number of aromatic nitrogens is 2. The van der Waals surface area contributed by atoms with Gasteiger partial charge in [-0.3, -0.25) is 19.7 Å². The van der Waals surface area contributed by atoms with Crippen LogP contribution in [-0.2, 0) is 26.2 Å². The van der Waals surface area contributed by atoms with Gasteiger partial charge < -0.3 is 9.84 Å². The number of thiophene rings is 1. The lowest BCUT2D eigenvalue weighted by Crippen LogP contribution is -2.51. The molecule has 3 amide bonds. The van der Waals surface area contributed by atoms with Crippen molar-refractivity contribution < 1.29 is 18.9 Å². The SMILES string of the molecule is CCC1(c2ccc(NC(=O)CCc3nc(-c4ccsc4)no3)cc2)CCC(=O)NC1=O. The summed E-state index contributed by atoms with van der Waals surface area (Å²) in [5.74, 6) is 0.264. The molecular weight excluding hydrogens is 416 g/mol. The number of amides is 3. The molecule has 1 fully saturated rings. The second kappa shape index (κ2) is 8.81. The lowest BCUT2D eigenvalue weighted by Gasteiger charge is -2.35. The second-order valence-electron chi connectivity index (χ2n) is 7.46. The predicted molar refractivity (Wildman–Crippen MR) is 115 cm³/mol. The Morgan fingerprint density at radius 1 is 1.26 bits per heavy atom. The Morgan fingerprint density at radius 3 is 2.74 bits per heavy atom. The van der Waals surface area contributed by atoms with E-state index in [-0.39, 0.29) is 24.1 Å². The van der Waals surface area contributed by atoms with E-state index in [1.54, 1.807) is 23.5 Å². The van der Waals surface area contributed by atoms with E-state index in [4.69, 9.17) is 4.52 Å². The Hall–Kier alpha value is -3.33. The zero-order valence-electron chi connectivity index (χ0n) is 17.0. The Labute approximate surface area is 183 Å². The zero-order chi connectivity index (χ0) is 21.8. The number of aryl methyl sites for hydroxylation is 1. The van der Waals surface area contributed by atoms with Crippen molar-refractivity contribution in [3.63, 3.8) is 0 Å². The average molecular weight is 439 g/mol. The molecule has 1 aromatic carbocycles. The molecule has 1 unspecified atom stereocenters. The molecule has 0 bridgehead atoms. The van der Waals surface area contributed by atoms with Crippen LogP contribution in [0, 0.1) is 0 Å². The normalized spacial score (nSPS) is 18.6. The maximum absolute atomic E-state index is 12.5. The van der Waals surface area contributed by atoms with Gasteiger partial charge in [-0.1, -0.05) is 24.2 Å². The van der Waals surface area contributed by atoms with Gasteiger partial charge in [-0.05, 0) is 42.0 Å². The van der Waals surface area contributed by atoms with E-state index in [1.807, 2.05) is 35.9 Å². The first-order valence-electron chi connectivity index (χ1n) is 10.1. The molecule has 0 radical (unpaired) electrons. The number of carbonyl (C=O) groups excluding carboxylic acids is 3. The van der Waals surface area contributed by atoms with Crippen LogP contribution < -0.4 is 10.6 Å². The summed E-state index contributed by atoms with van der Waals surface area (Å²) in [4.78, 5) is 40.6. The number of imide groups is 1. The third-order valence-corrected chi connectivity index (χ3v) is 6.29. The molecule has 3 heterocycles. The van der Waals surface area contributed by atoms with Gasteiger partial charge in [0.25, 0.3) is 0 Å². The summed E-state index contributed by atoms with van der Waals surface area (Å²) in [5.41, 5.74) is 1.65. The number of nitrogens with one attached hydrogen (secondary N) is 2. The minimum Gasteiger partial charge on any atom is -0.339 e. The van der Waals surface area contributed by atoms with Gasteiger partial charge in [-0.2, -0.15) is 16.3 Å². The van der Waals surface area contributed by atoms with Gasteiger partial charge in [0.1, 0.15) is 0 Å². The number of piperidine rings is 1. The minimum atomic E-state index is -0.714. The first kappa shape index (κ1) is 20.9. The predicted octanol–water partition coefficient (Wildman–Crippen LogP) is 3.45. The fraction of sp³-hybridized carbons (Fsp3) is 0.318. The Kier molecular flexibility index (Phi) is 5.94. The summed E-state index contributed by atoms with van der Waals surface area (Å²) in [6.45, 7) is 1.94. The lowest BCUT2D eigenvalue weighted by atomic mass is 9.72. The largest absolute Gasteiger partial charge is 0.339 e. The second-order valence-corrected chi connectivity index (χ2v) is 8.24. The van der Waals surface area contributed by atoms with Gasteiger partial charge in [0, 0.05) is 35.9 Å². The van der Waals surface area contributed by atoms with Crippen molar-refractivity contribution in [2.75, 3.05) is 5.32 Å². The average Bonchev–Trinajstić information content (AvgIpc) is 3.45. The van der Waals surface area contributed by atoms with E-state index in [1.165, 1.54) is 0 Å². The van der Waals surface area contributed by atoms with E-state index in [9.17, 15) is 14.4 Å². The van der Waals surface area contributed by atoms with Gasteiger partial charge in [0.05, 0.1) is 5.41 Å². The Morgan fingerprint density at radius 2 is 2.06 bits per heavy atom. The fourth-order valence-corrected chi connectivity index (χ4v) is 4.38. The summed E-state index contributed by atoms with van der Waals surface area (Å²) in [7, 11) is 0. The summed E-state index contributed by atoms with van der Waals surface area (Å²) in [6, 6.07) is 9.12. The van der Waals surface area contributed by atoms with Crippen molar-refractivity contribution >= 4 is 34.7 Å². The molecule has 8 nitrogen and oxygen atoms in total. The summed E-state index contributed by atoms with van der Waals surface area (Å²) in [6.07, 6.45) is 1.94. The van der Waals surface area contributed by atoms with Crippen LogP contribution in [0.2, 0.25) is 0 Å². The van der Waals surface area contributed by atoms with Gasteiger partial charge in [-0.25, -0.2) is 0 Å². The van der Waals surface area contributed by atoms with Gasteiger partial charge >= 0.3 is 0 Å². The van der Waals surface area contributed by atoms with Crippen LogP contribution in [0.25, 0.3) is 11.4 Å². The number of hydrogen-bond donors (Lipinski definition) is 2. The fourth-order valence-electron chi connectivity index (χ4n) is 3.75. The number of hydrogen-bond acceptors (Lipinski definition) is 7. The van der Waals surface area contributed by atoms with Crippen molar-refractivity contribution in [2.24, 2.45) is 0 Å². The number of anilines is 1. The van der Waals surface area contributed by atoms with Gasteiger partial charge in [0.15, 0.2) is 0 Å². The molecule has 1 aliphatic rings. The first-order chi connectivity index (χ1) is 15.0. The summed E-state index contributed by atoms with van der Waals surface area (Å²) in [5, 5.41) is 13.1. The number of benzene rings is 1. The highest BCUT2D eigenvalue weighted by atomic mass is 32.1. The number of rotatable bonds is 7. The van der Waals surface area contributed by atoms with Crippen LogP contribution in [-0.4, -0.2) is 27.9 Å². The standard InChI is InChI=1S/C22H22N4O4S/c1-2-22(11-9-18(28)24-21(22)29)15-3-5-16(6-4-15)23-17(27)7-8-19-25-20(26-30-19)14-10-12-31-13-14/h3-6,10,12-13H,2,7-9,11H2,1H3,(H,23,27)(H,24,28,29). The van der Waals surface area contributed by atoms with Gasteiger partial charge in [0.2, 0.25) is 29.4 Å². The van der Waals surface area contributed by atoms with E-state index < -0.39 is 5.41 Å². The van der Waals surface area contributed by atoms with Crippen molar-refractivity contribution in [1.82, 2.24) is 15.5 Å². The van der Waals surface area contributed by atoms with Gasteiger partial charge in [-0.15, -0.1) is 0 Å².